The third-order valence-electron chi connectivity index (χ3n) is 10.1. The Morgan fingerprint density at radius 2 is 1.91 bits per heavy atom. The van der Waals surface area contributed by atoms with E-state index in [4.69, 9.17) is 0 Å². The lowest BCUT2D eigenvalue weighted by molar-refractivity contribution is -0.385. The summed E-state index contributed by atoms with van der Waals surface area (Å²) in [4.78, 5) is 22.9. The van der Waals surface area contributed by atoms with Crippen LogP contribution in [0.25, 0.3) is 0 Å². The maximum atomic E-state index is 11.9. The molecule has 34 heavy (non-hydrogen) atoms. The number of unbranched alkanes of at least 4 members (excludes halogenated alkanes) is 1. The van der Waals surface area contributed by atoms with Crippen LogP contribution in [0.1, 0.15) is 70.8 Å². The van der Waals surface area contributed by atoms with Crippen LogP contribution < -0.4 is 10.6 Å². The van der Waals surface area contributed by atoms with E-state index in [1.54, 1.807) is 18.2 Å². The van der Waals surface area contributed by atoms with Crippen molar-refractivity contribution in [2.75, 3.05) is 6.54 Å². The van der Waals surface area contributed by atoms with E-state index in [0.29, 0.717) is 23.4 Å². The summed E-state index contributed by atoms with van der Waals surface area (Å²) in [6, 6.07) is 7.98. The fraction of sp³-hybridized carbons (Fsp3) is 0.679. The van der Waals surface area contributed by atoms with Crippen LogP contribution in [-0.2, 0) is 11.2 Å². The van der Waals surface area contributed by atoms with Gasteiger partial charge in [-0.2, -0.15) is 0 Å². The summed E-state index contributed by atoms with van der Waals surface area (Å²) in [5, 5.41) is 18.4. The molecule has 1 aromatic rings. The third-order valence-corrected chi connectivity index (χ3v) is 10.1. The molecule has 4 aliphatic rings. The van der Waals surface area contributed by atoms with Crippen LogP contribution in [0.4, 0.5) is 5.69 Å². The highest BCUT2D eigenvalue weighted by Crippen LogP contribution is 2.63. The molecule has 6 nitrogen and oxygen atoms in total. The number of nitro groups is 1. The van der Waals surface area contributed by atoms with E-state index >= 15 is 0 Å². The average Bonchev–Trinajstić information content (AvgIpc) is 3.16. The Morgan fingerprint density at radius 3 is 2.74 bits per heavy atom. The summed E-state index contributed by atoms with van der Waals surface area (Å²) in [6.07, 6.45) is 14.2. The molecule has 2 unspecified atom stereocenters. The first-order valence-electron chi connectivity index (χ1n) is 13.3. The molecule has 6 heteroatoms. The van der Waals surface area contributed by atoms with Crippen molar-refractivity contribution in [1.82, 2.24) is 10.6 Å². The molecule has 7 atom stereocenters. The van der Waals surface area contributed by atoms with Crippen LogP contribution in [0.15, 0.2) is 36.4 Å². The van der Waals surface area contributed by atoms with Crippen molar-refractivity contribution in [3.63, 3.8) is 0 Å². The van der Waals surface area contributed by atoms with Crippen molar-refractivity contribution < 1.29 is 9.72 Å². The van der Waals surface area contributed by atoms with E-state index in [1.807, 2.05) is 12.1 Å². The molecule has 0 spiro atoms. The Balaban J connectivity index is 1.17. The smallest absolute Gasteiger partial charge is 0.272 e. The molecule has 3 fully saturated rings. The van der Waals surface area contributed by atoms with Gasteiger partial charge in [0.1, 0.15) is 0 Å². The van der Waals surface area contributed by atoms with Gasteiger partial charge in [0.05, 0.1) is 4.92 Å². The highest BCUT2D eigenvalue weighted by Gasteiger charge is 2.59. The lowest BCUT2D eigenvalue weighted by Crippen LogP contribution is -2.60. The maximum absolute atomic E-state index is 11.9. The van der Waals surface area contributed by atoms with Gasteiger partial charge in [-0.15, -0.1) is 0 Å². The molecular formula is C28H39N3O3. The number of nitro benzene ring substituents is 1. The Bertz CT molecular complexity index is 977. The Kier molecular flexibility index (Phi) is 6.30. The van der Waals surface area contributed by atoms with Gasteiger partial charge >= 0.3 is 0 Å². The molecule has 0 bridgehead atoms. The first-order chi connectivity index (χ1) is 16.3. The van der Waals surface area contributed by atoms with Gasteiger partial charge in [-0.05, 0) is 93.6 Å². The second-order valence-corrected chi connectivity index (χ2v) is 11.7. The summed E-state index contributed by atoms with van der Waals surface area (Å²) in [5.74, 6) is 2.26. The number of aryl methyl sites for hydroxylation is 1. The van der Waals surface area contributed by atoms with E-state index in [1.165, 1.54) is 32.1 Å². The van der Waals surface area contributed by atoms with Gasteiger partial charge in [0, 0.05) is 29.1 Å². The average molecular weight is 466 g/mol. The van der Waals surface area contributed by atoms with Gasteiger partial charge in [0.15, 0.2) is 0 Å². The standard InChI is InChI=1S/C28H39N3O3/c1-27-16-14-22-20(10-12-25-28(22,2)17-15-26(32)30-25)21(27)11-13-24(27)29-18-6-5-8-19-7-3-4-9-23(19)31(33)34/h3-4,7,9,15,17,20-22,24-25,29H,5-6,8,10-14,16,18H2,1-2H3,(H,30,32)/t20-,21-,22+,24?,25?,27-,28+/m0/s1. The summed E-state index contributed by atoms with van der Waals surface area (Å²) in [5.41, 5.74) is 1.54. The number of hydrogen-bond donors (Lipinski definition) is 2. The largest absolute Gasteiger partial charge is 0.349 e. The fourth-order valence-electron chi connectivity index (χ4n) is 8.29. The highest BCUT2D eigenvalue weighted by atomic mass is 16.6. The maximum Gasteiger partial charge on any atom is 0.272 e. The molecule has 1 aliphatic heterocycles. The van der Waals surface area contributed by atoms with Gasteiger partial charge in [0.2, 0.25) is 5.91 Å². The predicted octanol–water partition coefficient (Wildman–Crippen LogP) is 5.17. The summed E-state index contributed by atoms with van der Waals surface area (Å²) >= 11 is 0. The van der Waals surface area contributed by atoms with Crippen LogP contribution in [0, 0.1) is 38.7 Å². The zero-order valence-electron chi connectivity index (χ0n) is 20.6. The van der Waals surface area contributed by atoms with E-state index in [0.717, 1.165) is 49.6 Å². The minimum absolute atomic E-state index is 0.0774. The number of nitrogens with one attached hydrogen (secondary N) is 2. The van der Waals surface area contributed by atoms with Crippen molar-refractivity contribution >= 4 is 11.6 Å². The first-order valence-corrected chi connectivity index (χ1v) is 13.3. The van der Waals surface area contributed by atoms with Crippen LogP contribution in [0.5, 0.6) is 0 Å². The second kappa shape index (κ2) is 9.10. The number of nitrogens with zero attached hydrogens (tertiary/aromatic N) is 1. The summed E-state index contributed by atoms with van der Waals surface area (Å²) in [6.45, 7) is 5.89. The zero-order valence-corrected chi connectivity index (χ0v) is 20.6. The van der Waals surface area contributed by atoms with Crippen LogP contribution in [-0.4, -0.2) is 29.5 Å². The third kappa shape index (κ3) is 3.98. The highest BCUT2D eigenvalue weighted by molar-refractivity contribution is 5.89. The molecule has 1 amide bonds. The van der Waals surface area contributed by atoms with Gasteiger partial charge < -0.3 is 10.6 Å². The number of carbonyl (C=O) groups excluding carboxylic acids is 1. The number of fused-ring (bicyclic) bond motifs is 5. The summed E-state index contributed by atoms with van der Waals surface area (Å²) < 4.78 is 0. The number of rotatable bonds is 7. The monoisotopic (exact) mass is 465 g/mol. The van der Waals surface area contributed by atoms with E-state index in [-0.39, 0.29) is 21.9 Å². The molecule has 0 saturated heterocycles. The molecule has 3 aliphatic carbocycles. The van der Waals surface area contributed by atoms with Gasteiger partial charge in [0.25, 0.3) is 5.69 Å². The minimum Gasteiger partial charge on any atom is -0.349 e. The molecule has 3 saturated carbocycles. The first kappa shape index (κ1) is 23.5. The minimum atomic E-state index is -0.269. The fourth-order valence-corrected chi connectivity index (χ4v) is 8.29. The Hall–Kier alpha value is -2.21. The van der Waals surface area contributed by atoms with Crippen LogP contribution in [0.3, 0.4) is 0 Å². The SMILES string of the molecule is C[C@]12C=CC(=O)NC1CC[C@@H]1[C@H]2CC[C@]2(C)C(NCCCCc3ccccc3[N+](=O)[O-])CC[C@@H]12. The molecule has 2 N–H and O–H groups in total. The number of amides is 1. The van der Waals surface area contributed by atoms with Gasteiger partial charge in [-0.3, -0.25) is 14.9 Å². The van der Waals surface area contributed by atoms with Crippen LogP contribution >= 0.6 is 0 Å². The lowest BCUT2D eigenvalue weighted by atomic mass is 9.48. The second-order valence-electron chi connectivity index (χ2n) is 11.7. The molecule has 0 aromatic heterocycles. The normalized spacial score (nSPS) is 38.5. The van der Waals surface area contributed by atoms with Gasteiger partial charge in [-0.25, -0.2) is 0 Å². The molecule has 5 rings (SSSR count). The number of benzene rings is 1. The quantitative estimate of drug-likeness (QED) is 0.330. The van der Waals surface area contributed by atoms with E-state index in [9.17, 15) is 14.9 Å². The summed E-state index contributed by atoms with van der Waals surface area (Å²) in [7, 11) is 0. The Morgan fingerprint density at radius 1 is 1.09 bits per heavy atom. The van der Waals surface area contributed by atoms with Crippen molar-refractivity contribution in [2.24, 2.45) is 28.6 Å². The van der Waals surface area contributed by atoms with Crippen LogP contribution in [0.2, 0.25) is 0 Å². The zero-order chi connectivity index (χ0) is 23.9. The topological polar surface area (TPSA) is 84.3 Å². The van der Waals surface area contributed by atoms with Gasteiger partial charge in [-0.1, -0.05) is 38.1 Å². The Labute approximate surface area is 203 Å². The predicted molar refractivity (Wildman–Crippen MR) is 133 cm³/mol. The molecule has 184 valence electrons. The van der Waals surface area contributed by atoms with Crippen molar-refractivity contribution in [2.45, 2.75) is 83.7 Å². The molecule has 1 aromatic carbocycles. The lowest BCUT2D eigenvalue weighted by Gasteiger charge is -2.58. The number of carbonyl (C=O) groups is 1. The van der Waals surface area contributed by atoms with E-state index in [2.05, 4.69) is 30.6 Å². The number of para-hydroxylation sites is 1. The molecule has 0 radical (unpaired) electrons. The van der Waals surface area contributed by atoms with Crippen molar-refractivity contribution in [1.29, 1.82) is 0 Å². The van der Waals surface area contributed by atoms with E-state index < -0.39 is 0 Å². The van der Waals surface area contributed by atoms with Crippen molar-refractivity contribution in [3.05, 3.63) is 52.1 Å². The molecular weight excluding hydrogens is 426 g/mol. The number of hydrogen-bond acceptors (Lipinski definition) is 4. The van der Waals surface area contributed by atoms with Crippen molar-refractivity contribution in [3.8, 4) is 0 Å². The molecule has 1 heterocycles.